The van der Waals surface area contributed by atoms with E-state index in [1.54, 1.807) is 16.8 Å². The Balaban J connectivity index is 1.72. The first-order chi connectivity index (χ1) is 11.1. The molecule has 0 aromatic heterocycles. The van der Waals surface area contributed by atoms with Gasteiger partial charge in [0.05, 0.1) is 0 Å². The highest BCUT2D eigenvalue weighted by atomic mass is 16.2. The van der Waals surface area contributed by atoms with Crippen molar-refractivity contribution in [1.29, 1.82) is 0 Å². The quantitative estimate of drug-likeness (QED) is 0.738. The summed E-state index contributed by atoms with van der Waals surface area (Å²) >= 11 is 0. The summed E-state index contributed by atoms with van der Waals surface area (Å²) in [6.07, 6.45) is 3.75. The third-order valence-electron chi connectivity index (χ3n) is 5.09. The highest BCUT2D eigenvalue weighted by molar-refractivity contribution is 6.40. The third kappa shape index (κ3) is 3.24. The van der Waals surface area contributed by atoms with E-state index in [-0.39, 0.29) is 11.9 Å². The lowest BCUT2D eigenvalue weighted by Crippen LogP contribution is -2.51. The molecular weight excluding hydrogens is 290 g/mol. The van der Waals surface area contributed by atoms with Crippen molar-refractivity contribution in [2.45, 2.75) is 31.7 Å². The van der Waals surface area contributed by atoms with Gasteiger partial charge in [-0.25, -0.2) is 0 Å². The number of aryl methyl sites for hydroxylation is 1. The lowest BCUT2D eigenvalue weighted by molar-refractivity contribution is -0.145. The Morgan fingerprint density at radius 1 is 1.13 bits per heavy atom. The Morgan fingerprint density at radius 3 is 2.57 bits per heavy atom. The van der Waals surface area contributed by atoms with Crippen LogP contribution >= 0.6 is 0 Å². The summed E-state index contributed by atoms with van der Waals surface area (Å²) in [5.41, 5.74) is 2.05. The van der Waals surface area contributed by atoms with Gasteiger partial charge in [-0.3, -0.25) is 9.59 Å². The van der Waals surface area contributed by atoms with Crippen molar-refractivity contribution in [2.24, 2.45) is 0 Å². The summed E-state index contributed by atoms with van der Waals surface area (Å²) in [7, 11) is 3.86. The Labute approximate surface area is 137 Å². The second kappa shape index (κ2) is 6.71. The van der Waals surface area contributed by atoms with Crippen LogP contribution in [0, 0.1) is 0 Å². The summed E-state index contributed by atoms with van der Waals surface area (Å²) in [4.78, 5) is 31.0. The number of benzene rings is 1. The number of carbonyl (C=O) groups is 2. The van der Waals surface area contributed by atoms with Gasteiger partial charge in [0.25, 0.3) is 0 Å². The van der Waals surface area contributed by atoms with Crippen molar-refractivity contribution < 1.29 is 9.59 Å². The zero-order valence-corrected chi connectivity index (χ0v) is 14.0. The number of para-hydroxylation sites is 1. The predicted molar refractivity (Wildman–Crippen MR) is 90.4 cm³/mol. The van der Waals surface area contributed by atoms with Crippen molar-refractivity contribution >= 4 is 17.5 Å². The number of rotatable bonds is 1. The molecule has 0 atom stereocenters. The first kappa shape index (κ1) is 16.0. The molecule has 2 heterocycles. The van der Waals surface area contributed by atoms with Crippen LogP contribution in [-0.2, 0) is 16.0 Å². The highest BCUT2D eigenvalue weighted by Gasteiger charge is 2.32. The van der Waals surface area contributed by atoms with Crippen LogP contribution in [0.2, 0.25) is 0 Å². The summed E-state index contributed by atoms with van der Waals surface area (Å²) < 4.78 is 0. The Morgan fingerprint density at radius 2 is 1.83 bits per heavy atom. The average Bonchev–Trinajstić information content (AvgIpc) is 2.60. The molecule has 0 saturated carbocycles. The van der Waals surface area contributed by atoms with Crippen molar-refractivity contribution in [3.05, 3.63) is 29.8 Å². The molecule has 1 saturated heterocycles. The van der Waals surface area contributed by atoms with E-state index in [0.29, 0.717) is 6.54 Å². The third-order valence-corrected chi connectivity index (χ3v) is 5.09. The first-order valence-electron chi connectivity index (χ1n) is 8.43. The number of hydrogen-bond acceptors (Lipinski definition) is 3. The number of carbonyl (C=O) groups excluding carboxylic acids is 2. The second-order valence-electron chi connectivity index (χ2n) is 6.64. The van der Waals surface area contributed by atoms with Crippen LogP contribution in [0.5, 0.6) is 0 Å². The fourth-order valence-corrected chi connectivity index (χ4v) is 3.56. The number of nitrogens with zero attached hydrogens (tertiary/aromatic N) is 3. The number of fused-ring (bicyclic) bond motifs is 1. The molecule has 0 N–H and O–H groups in total. The molecule has 2 aliphatic heterocycles. The molecule has 5 nitrogen and oxygen atoms in total. The van der Waals surface area contributed by atoms with E-state index in [4.69, 9.17) is 0 Å². The topological polar surface area (TPSA) is 43.9 Å². The number of piperidine rings is 1. The van der Waals surface area contributed by atoms with Crippen LogP contribution in [0.25, 0.3) is 0 Å². The molecule has 23 heavy (non-hydrogen) atoms. The summed E-state index contributed by atoms with van der Waals surface area (Å²) in [5, 5.41) is 0. The minimum atomic E-state index is -0.390. The molecule has 1 aromatic carbocycles. The minimum absolute atomic E-state index is 0.169. The van der Waals surface area contributed by atoms with E-state index in [0.717, 1.165) is 50.0 Å². The van der Waals surface area contributed by atoms with Crippen LogP contribution in [0.1, 0.15) is 24.8 Å². The van der Waals surface area contributed by atoms with Gasteiger partial charge in [0.15, 0.2) is 0 Å². The van der Waals surface area contributed by atoms with Crippen LogP contribution in [-0.4, -0.2) is 61.4 Å². The summed E-state index contributed by atoms with van der Waals surface area (Å²) in [6.45, 7) is 2.58. The molecular formula is C18H25N3O2. The normalized spacial score (nSPS) is 19.3. The van der Waals surface area contributed by atoms with Crippen LogP contribution in [0.3, 0.4) is 0 Å². The van der Waals surface area contributed by atoms with E-state index < -0.39 is 5.91 Å². The Kier molecular flexibility index (Phi) is 4.66. The maximum Gasteiger partial charge on any atom is 0.316 e. The predicted octanol–water partition coefficient (Wildman–Crippen LogP) is 1.52. The first-order valence-corrected chi connectivity index (χ1v) is 8.43. The van der Waals surface area contributed by atoms with E-state index in [9.17, 15) is 9.59 Å². The standard InChI is InChI=1S/C18H25N3O2/c1-19-12-9-15(10-13-19)20(2)17(22)18(23)21-11-5-7-14-6-3-4-8-16(14)21/h3-4,6,8,15H,5,7,9-13H2,1-2H3. The Bertz CT molecular complexity index is 594. The van der Waals surface area contributed by atoms with E-state index in [1.165, 1.54) is 0 Å². The van der Waals surface area contributed by atoms with Gasteiger partial charge in [-0.15, -0.1) is 0 Å². The van der Waals surface area contributed by atoms with Gasteiger partial charge in [-0.1, -0.05) is 18.2 Å². The Hall–Kier alpha value is -1.88. The molecule has 3 rings (SSSR count). The minimum Gasteiger partial charge on any atom is -0.334 e. The van der Waals surface area contributed by atoms with Gasteiger partial charge >= 0.3 is 11.8 Å². The van der Waals surface area contributed by atoms with Crippen LogP contribution < -0.4 is 4.90 Å². The molecule has 5 heteroatoms. The molecule has 0 spiro atoms. The largest absolute Gasteiger partial charge is 0.334 e. The molecule has 2 aliphatic rings. The van der Waals surface area contributed by atoms with Crippen molar-refractivity contribution in [3.63, 3.8) is 0 Å². The lowest BCUT2D eigenvalue weighted by Gasteiger charge is -2.36. The van der Waals surface area contributed by atoms with Gasteiger partial charge < -0.3 is 14.7 Å². The number of likely N-dealkylation sites (N-methyl/N-ethyl adjacent to an activating group) is 1. The van der Waals surface area contributed by atoms with E-state index in [2.05, 4.69) is 11.9 Å². The average molecular weight is 315 g/mol. The van der Waals surface area contributed by atoms with Gasteiger partial charge in [0.2, 0.25) is 0 Å². The van der Waals surface area contributed by atoms with Gasteiger partial charge in [-0.05, 0) is 57.5 Å². The van der Waals surface area contributed by atoms with Crippen molar-refractivity contribution in [2.75, 3.05) is 38.6 Å². The molecule has 1 aromatic rings. The SMILES string of the molecule is CN1CCC(N(C)C(=O)C(=O)N2CCCc3ccccc32)CC1. The summed E-state index contributed by atoms with van der Waals surface area (Å²) in [6, 6.07) is 8.06. The smallest absolute Gasteiger partial charge is 0.316 e. The zero-order valence-electron chi connectivity index (χ0n) is 14.0. The maximum absolute atomic E-state index is 12.7. The lowest BCUT2D eigenvalue weighted by atomic mass is 10.0. The molecule has 124 valence electrons. The van der Waals surface area contributed by atoms with Gasteiger partial charge in [-0.2, -0.15) is 0 Å². The van der Waals surface area contributed by atoms with Crippen LogP contribution in [0.4, 0.5) is 5.69 Å². The number of anilines is 1. The fourth-order valence-electron chi connectivity index (χ4n) is 3.56. The second-order valence-corrected chi connectivity index (χ2v) is 6.64. The van der Waals surface area contributed by atoms with E-state index in [1.807, 2.05) is 24.3 Å². The molecule has 2 amide bonds. The fraction of sp³-hybridized carbons (Fsp3) is 0.556. The number of amides is 2. The molecule has 0 radical (unpaired) electrons. The zero-order chi connectivity index (χ0) is 16.4. The maximum atomic E-state index is 12.7. The summed E-state index contributed by atoms with van der Waals surface area (Å²) in [5.74, 6) is -0.769. The molecule has 0 unspecified atom stereocenters. The number of likely N-dealkylation sites (tertiary alicyclic amines) is 1. The molecule has 1 fully saturated rings. The highest BCUT2D eigenvalue weighted by Crippen LogP contribution is 2.27. The van der Waals surface area contributed by atoms with Crippen molar-refractivity contribution in [1.82, 2.24) is 9.80 Å². The molecule has 0 aliphatic carbocycles. The van der Waals surface area contributed by atoms with E-state index >= 15 is 0 Å². The monoisotopic (exact) mass is 315 g/mol. The van der Waals surface area contributed by atoms with Gasteiger partial charge in [0, 0.05) is 25.3 Å². The molecule has 0 bridgehead atoms. The van der Waals surface area contributed by atoms with Crippen molar-refractivity contribution in [3.8, 4) is 0 Å². The number of hydrogen-bond donors (Lipinski definition) is 0. The van der Waals surface area contributed by atoms with Crippen LogP contribution in [0.15, 0.2) is 24.3 Å². The van der Waals surface area contributed by atoms with Gasteiger partial charge in [0.1, 0.15) is 0 Å².